The van der Waals surface area contributed by atoms with Gasteiger partial charge in [-0.3, -0.25) is 14.2 Å². The second kappa shape index (κ2) is 40.9. The number of ether oxygens (including phenoxy) is 2. The van der Waals surface area contributed by atoms with Gasteiger partial charge in [-0.15, -0.1) is 0 Å². The summed E-state index contributed by atoms with van der Waals surface area (Å²) in [4.78, 5) is 37.6. The van der Waals surface area contributed by atoms with Crippen LogP contribution in [0, 0.1) is 0 Å². The number of rotatable bonds is 44. The number of likely N-dealkylation sites (N-methyl/N-ethyl adjacent to an activating group) is 1. The van der Waals surface area contributed by atoms with Gasteiger partial charge in [0.05, 0.1) is 27.7 Å². The van der Waals surface area contributed by atoms with Crippen molar-refractivity contribution >= 4 is 19.8 Å². The van der Waals surface area contributed by atoms with E-state index in [-0.39, 0.29) is 32.0 Å². The second-order valence-corrected chi connectivity index (χ2v) is 18.9. The van der Waals surface area contributed by atoms with Gasteiger partial charge >= 0.3 is 11.9 Å². The number of carbonyl (C=O) groups excluding carboxylic acids is 2. The van der Waals surface area contributed by atoms with Crippen LogP contribution in [0.5, 0.6) is 0 Å². The van der Waals surface area contributed by atoms with Gasteiger partial charge < -0.3 is 27.9 Å². The van der Waals surface area contributed by atoms with E-state index >= 15 is 0 Å². The third-order valence-corrected chi connectivity index (χ3v) is 11.4. The lowest BCUT2D eigenvalue weighted by Gasteiger charge is -2.28. The maximum atomic E-state index is 12.7. The summed E-state index contributed by atoms with van der Waals surface area (Å²) in [6.45, 7) is 4.23. The summed E-state index contributed by atoms with van der Waals surface area (Å²) in [5.74, 6) is -0.829. The molecule has 1 unspecified atom stereocenters. The molecule has 9 nitrogen and oxygen atoms in total. The summed E-state index contributed by atoms with van der Waals surface area (Å²) >= 11 is 0. The molecule has 0 aromatic carbocycles. The predicted octanol–water partition coefficient (Wildman–Crippen LogP) is 13.3. The van der Waals surface area contributed by atoms with E-state index in [1.54, 1.807) is 0 Å². The maximum absolute atomic E-state index is 12.7. The van der Waals surface area contributed by atoms with E-state index in [0.717, 1.165) is 38.5 Å². The van der Waals surface area contributed by atoms with Crippen LogP contribution in [0.1, 0.15) is 219 Å². The van der Waals surface area contributed by atoms with Crippen LogP contribution < -0.4 is 4.89 Å². The van der Waals surface area contributed by atoms with Crippen molar-refractivity contribution in [3.05, 3.63) is 24.3 Å². The monoisotopic (exact) mass is 842 g/mol. The van der Waals surface area contributed by atoms with Gasteiger partial charge in [-0.1, -0.05) is 186 Å². The molecule has 342 valence electrons. The van der Waals surface area contributed by atoms with Gasteiger partial charge in [0, 0.05) is 12.8 Å². The molecule has 0 amide bonds. The number of quaternary nitrogens is 1. The van der Waals surface area contributed by atoms with E-state index in [9.17, 15) is 19.0 Å². The van der Waals surface area contributed by atoms with Gasteiger partial charge in [-0.25, -0.2) is 0 Å². The Morgan fingerprint density at radius 3 is 1.40 bits per heavy atom. The molecule has 0 N–H and O–H groups in total. The lowest BCUT2D eigenvalue weighted by molar-refractivity contribution is -0.870. The predicted molar refractivity (Wildman–Crippen MR) is 241 cm³/mol. The van der Waals surface area contributed by atoms with E-state index < -0.39 is 26.5 Å². The van der Waals surface area contributed by atoms with Crippen molar-refractivity contribution in [1.29, 1.82) is 0 Å². The number of carbonyl (C=O) groups is 2. The molecule has 0 aliphatic rings. The van der Waals surface area contributed by atoms with Crippen LogP contribution in [0.3, 0.4) is 0 Å². The maximum Gasteiger partial charge on any atom is 0.306 e. The fraction of sp³-hybridized carbons (Fsp3) is 0.875. The molecule has 0 radical (unpaired) electrons. The van der Waals surface area contributed by atoms with Crippen molar-refractivity contribution in [1.82, 2.24) is 0 Å². The lowest BCUT2D eigenvalue weighted by Crippen LogP contribution is -2.37. The molecule has 0 spiro atoms. The average molecular weight is 842 g/mol. The Bertz CT molecular complexity index is 1040. The van der Waals surface area contributed by atoms with E-state index in [1.165, 1.54) is 148 Å². The number of nitrogens with zero attached hydrogens (tertiary/aromatic N) is 1. The SMILES string of the molecule is CCCCC/C=C/C/C=C/CCCCCCCCCCCC(=O)OC[C@H](COP(=O)([O-])OCC[N+](C)(C)C)OC(=O)CCCCCCCCCCCCCCCCC. The number of phosphoric acid groups is 1. The van der Waals surface area contributed by atoms with Crippen LogP contribution >= 0.6 is 7.82 Å². The third-order valence-electron chi connectivity index (χ3n) is 10.5. The van der Waals surface area contributed by atoms with E-state index in [4.69, 9.17) is 18.5 Å². The number of phosphoric ester groups is 1. The van der Waals surface area contributed by atoms with Gasteiger partial charge in [-0.2, -0.15) is 0 Å². The van der Waals surface area contributed by atoms with Crippen molar-refractivity contribution in [3.8, 4) is 0 Å². The molecule has 0 aliphatic heterocycles. The molecule has 0 aliphatic carbocycles. The zero-order valence-electron chi connectivity index (χ0n) is 38.5. The van der Waals surface area contributed by atoms with Gasteiger partial charge in [0.15, 0.2) is 6.10 Å². The Kier molecular flexibility index (Phi) is 39.8. The molecule has 0 fully saturated rings. The highest BCUT2D eigenvalue weighted by molar-refractivity contribution is 7.45. The van der Waals surface area contributed by atoms with Gasteiger partial charge in [0.25, 0.3) is 7.82 Å². The van der Waals surface area contributed by atoms with E-state index in [2.05, 4.69) is 38.2 Å². The second-order valence-electron chi connectivity index (χ2n) is 17.5. The van der Waals surface area contributed by atoms with Crippen LogP contribution in [0.25, 0.3) is 0 Å². The molecular weight excluding hydrogens is 750 g/mol. The first-order chi connectivity index (χ1) is 28.0. The standard InChI is InChI=1S/C48H92NO8P/c1-6-8-10-12-14-16-18-20-22-23-24-25-27-28-30-32-34-36-38-40-47(50)54-44-46(45-56-58(52,53)55-43-42-49(3,4)5)57-48(51)41-39-37-35-33-31-29-26-21-19-17-15-13-11-9-7-2/h14,16,20,22,46H,6-13,15,17-19,21,23-45H2,1-5H3/b16-14+,22-20+/t46-/m1/s1. The molecule has 0 saturated heterocycles. The molecule has 10 heteroatoms. The van der Waals surface area contributed by atoms with Crippen LogP contribution in [-0.4, -0.2) is 70.0 Å². The van der Waals surface area contributed by atoms with Gasteiger partial charge in [0.2, 0.25) is 0 Å². The number of unbranched alkanes of at least 4 members (excludes halogenated alkanes) is 26. The summed E-state index contributed by atoms with van der Waals surface area (Å²) in [5, 5.41) is 0. The zero-order valence-corrected chi connectivity index (χ0v) is 39.4. The summed E-state index contributed by atoms with van der Waals surface area (Å²) in [6.07, 6.45) is 44.8. The molecular formula is C48H92NO8P. The Balaban J connectivity index is 4.27. The van der Waals surface area contributed by atoms with Crippen LogP contribution in [0.2, 0.25) is 0 Å². The molecule has 0 bridgehead atoms. The highest BCUT2D eigenvalue weighted by Gasteiger charge is 2.21. The van der Waals surface area contributed by atoms with Crippen LogP contribution in [-0.2, 0) is 32.7 Å². The van der Waals surface area contributed by atoms with Gasteiger partial charge in [-0.05, 0) is 44.9 Å². The van der Waals surface area contributed by atoms with Crippen molar-refractivity contribution in [2.75, 3.05) is 47.5 Å². The summed E-state index contributed by atoms with van der Waals surface area (Å²) < 4.78 is 34.0. The van der Waals surface area contributed by atoms with Gasteiger partial charge in [0.1, 0.15) is 19.8 Å². The van der Waals surface area contributed by atoms with Crippen molar-refractivity contribution in [3.63, 3.8) is 0 Å². The van der Waals surface area contributed by atoms with Crippen molar-refractivity contribution in [2.24, 2.45) is 0 Å². The Hall–Kier alpha value is -1.51. The Morgan fingerprint density at radius 2 is 0.931 bits per heavy atom. The molecule has 58 heavy (non-hydrogen) atoms. The topological polar surface area (TPSA) is 111 Å². The van der Waals surface area contributed by atoms with E-state index in [1.807, 2.05) is 21.1 Å². The smallest absolute Gasteiger partial charge is 0.306 e. The minimum absolute atomic E-state index is 0.0293. The summed E-state index contributed by atoms with van der Waals surface area (Å²) in [6, 6.07) is 0. The molecule has 0 aromatic rings. The Morgan fingerprint density at radius 1 is 0.534 bits per heavy atom. The van der Waals surface area contributed by atoms with Crippen LogP contribution in [0.15, 0.2) is 24.3 Å². The molecule has 0 rings (SSSR count). The lowest BCUT2D eigenvalue weighted by atomic mass is 10.0. The largest absolute Gasteiger partial charge is 0.756 e. The Labute approximate surface area is 358 Å². The van der Waals surface area contributed by atoms with E-state index in [0.29, 0.717) is 17.4 Å². The molecule has 0 aromatic heterocycles. The number of esters is 2. The van der Waals surface area contributed by atoms with Crippen LogP contribution in [0.4, 0.5) is 0 Å². The van der Waals surface area contributed by atoms with Crippen molar-refractivity contribution in [2.45, 2.75) is 225 Å². The minimum Gasteiger partial charge on any atom is -0.756 e. The van der Waals surface area contributed by atoms with Crippen molar-refractivity contribution < 1.29 is 42.1 Å². The zero-order chi connectivity index (χ0) is 42.8. The number of hydrogen-bond donors (Lipinski definition) is 0. The summed E-state index contributed by atoms with van der Waals surface area (Å²) in [7, 11) is 1.17. The quantitative estimate of drug-likeness (QED) is 0.0196. The normalized spacial score (nSPS) is 13.7. The summed E-state index contributed by atoms with van der Waals surface area (Å²) in [5.41, 5.74) is 0. The first-order valence-electron chi connectivity index (χ1n) is 24.0. The molecule has 0 heterocycles. The third kappa shape index (κ3) is 44.1. The fourth-order valence-corrected chi connectivity index (χ4v) is 7.41. The first-order valence-corrected chi connectivity index (χ1v) is 25.5. The first kappa shape index (κ1) is 56.5. The molecule has 0 saturated carbocycles. The molecule has 2 atom stereocenters. The number of hydrogen-bond acceptors (Lipinski definition) is 8. The fourth-order valence-electron chi connectivity index (χ4n) is 6.69. The number of allylic oxidation sites excluding steroid dienone is 4. The highest BCUT2D eigenvalue weighted by atomic mass is 31.2. The highest BCUT2D eigenvalue weighted by Crippen LogP contribution is 2.38. The average Bonchev–Trinajstić information content (AvgIpc) is 3.17. The minimum atomic E-state index is -4.62.